The van der Waals surface area contributed by atoms with Crippen molar-refractivity contribution in [3.05, 3.63) is 29.3 Å². The monoisotopic (exact) mass is 357 g/mol. The molecule has 1 aromatic rings. The minimum atomic E-state index is 0.713. The first-order chi connectivity index (χ1) is 12.6. The molecule has 1 aromatic carbocycles. The Balaban J connectivity index is 1.59. The molecule has 5 heteroatoms. The van der Waals surface area contributed by atoms with E-state index in [-0.39, 0.29) is 0 Å². The lowest BCUT2D eigenvalue weighted by Gasteiger charge is -2.38. The standard InChI is InChI=1S/C21H35N5/c1-5-22-21(23-15-19-9-10-24(4)16-19)26-13-11-25(12-14-26)20-8-6-7-17(2)18(20)3/h6-8,19H,5,9-16H2,1-4H3,(H,22,23). The third kappa shape index (κ3) is 4.50. The maximum absolute atomic E-state index is 4.97. The van der Waals surface area contributed by atoms with Gasteiger partial charge >= 0.3 is 0 Å². The van der Waals surface area contributed by atoms with Crippen LogP contribution in [-0.4, -0.2) is 75.2 Å². The molecule has 0 bridgehead atoms. The molecule has 2 fully saturated rings. The lowest BCUT2D eigenvalue weighted by Crippen LogP contribution is -2.52. The van der Waals surface area contributed by atoms with Gasteiger partial charge in [0.25, 0.3) is 0 Å². The first-order valence-electron chi connectivity index (χ1n) is 10.1. The van der Waals surface area contributed by atoms with E-state index in [2.05, 4.69) is 66.0 Å². The van der Waals surface area contributed by atoms with Crippen molar-refractivity contribution in [3.8, 4) is 0 Å². The molecule has 5 nitrogen and oxygen atoms in total. The number of guanidine groups is 1. The Morgan fingerprint density at radius 3 is 2.58 bits per heavy atom. The van der Waals surface area contributed by atoms with E-state index in [0.717, 1.165) is 45.2 Å². The summed E-state index contributed by atoms with van der Waals surface area (Å²) in [6, 6.07) is 6.63. The van der Waals surface area contributed by atoms with Crippen molar-refractivity contribution in [2.75, 3.05) is 64.3 Å². The van der Waals surface area contributed by atoms with Gasteiger partial charge in [0.1, 0.15) is 0 Å². The highest BCUT2D eigenvalue weighted by Crippen LogP contribution is 2.24. The van der Waals surface area contributed by atoms with Crippen LogP contribution in [0.4, 0.5) is 5.69 Å². The molecule has 0 spiro atoms. The van der Waals surface area contributed by atoms with Crippen molar-refractivity contribution in [1.82, 2.24) is 15.1 Å². The summed E-state index contributed by atoms with van der Waals surface area (Å²) in [4.78, 5) is 12.3. The van der Waals surface area contributed by atoms with Gasteiger partial charge in [-0.2, -0.15) is 0 Å². The second-order valence-electron chi connectivity index (χ2n) is 7.80. The van der Waals surface area contributed by atoms with Crippen LogP contribution < -0.4 is 10.2 Å². The average Bonchev–Trinajstić information content (AvgIpc) is 3.06. The topological polar surface area (TPSA) is 34.1 Å². The minimum absolute atomic E-state index is 0.713. The molecule has 2 aliphatic heterocycles. The molecule has 2 aliphatic rings. The largest absolute Gasteiger partial charge is 0.368 e. The van der Waals surface area contributed by atoms with Crippen LogP contribution in [0.25, 0.3) is 0 Å². The van der Waals surface area contributed by atoms with Gasteiger partial charge in [0.05, 0.1) is 0 Å². The van der Waals surface area contributed by atoms with Gasteiger partial charge in [-0.1, -0.05) is 12.1 Å². The van der Waals surface area contributed by atoms with Gasteiger partial charge in [-0.05, 0) is 63.9 Å². The first kappa shape index (κ1) is 19.0. The first-order valence-corrected chi connectivity index (χ1v) is 10.1. The molecule has 0 aromatic heterocycles. The van der Waals surface area contributed by atoms with Gasteiger partial charge in [0.2, 0.25) is 0 Å². The number of nitrogens with one attached hydrogen (secondary N) is 1. The minimum Gasteiger partial charge on any atom is -0.368 e. The molecule has 2 heterocycles. The highest BCUT2D eigenvalue weighted by molar-refractivity contribution is 5.80. The van der Waals surface area contributed by atoms with Gasteiger partial charge < -0.3 is 20.0 Å². The number of likely N-dealkylation sites (tertiary alicyclic amines) is 1. The van der Waals surface area contributed by atoms with Crippen LogP contribution in [0, 0.1) is 19.8 Å². The maximum atomic E-state index is 4.97. The quantitative estimate of drug-likeness (QED) is 0.663. The third-order valence-electron chi connectivity index (χ3n) is 5.82. The number of hydrogen-bond acceptors (Lipinski definition) is 3. The summed E-state index contributed by atoms with van der Waals surface area (Å²) in [6.45, 7) is 15.0. The molecule has 0 amide bonds. The fraction of sp³-hybridized carbons (Fsp3) is 0.667. The van der Waals surface area contributed by atoms with Crippen molar-refractivity contribution < 1.29 is 0 Å². The molecular formula is C21H35N5. The Morgan fingerprint density at radius 1 is 1.15 bits per heavy atom. The van der Waals surface area contributed by atoms with E-state index < -0.39 is 0 Å². The smallest absolute Gasteiger partial charge is 0.194 e. The van der Waals surface area contributed by atoms with Crippen molar-refractivity contribution in [1.29, 1.82) is 0 Å². The van der Waals surface area contributed by atoms with Crippen LogP contribution in [0.1, 0.15) is 24.5 Å². The second-order valence-corrected chi connectivity index (χ2v) is 7.80. The number of anilines is 1. The lowest BCUT2D eigenvalue weighted by molar-refractivity contribution is 0.369. The Morgan fingerprint density at radius 2 is 1.92 bits per heavy atom. The van der Waals surface area contributed by atoms with E-state index in [1.165, 1.54) is 36.3 Å². The molecule has 2 saturated heterocycles. The SMILES string of the molecule is CCNC(=NCC1CCN(C)C1)N1CCN(c2cccc(C)c2C)CC1. The number of benzene rings is 1. The molecule has 0 radical (unpaired) electrons. The zero-order chi connectivity index (χ0) is 18.5. The van der Waals surface area contributed by atoms with E-state index in [1.54, 1.807) is 0 Å². The molecule has 1 unspecified atom stereocenters. The predicted molar refractivity (Wildman–Crippen MR) is 111 cm³/mol. The van der Waals surface area contributed by atoms with Crippen LogP contribution in [-0.2, 0) is 0 Å². The van der Waals surface area contributed by atoms with Crippen LogP contribution in [0.2, 0.25) is 0 Å². The third-order valence-corrected chi connectivity index (χ3v) is 5.82. The van der Waals surface area contributed by atoms with Crippen LogP contribution in [0.3, 0.4) is 0 Å². The van der Waals surface area contributed by atoms with Gasteiger partial charge in [-0.3, -0.25) is 4.99 Å². The summed E-state index contributed by atoms with van der Waals surface area (Å²) < 4.78 is 0. The molecule has 0 saturated carbocycles. The van der Waals surface area contributed by atoms with E-state index in [1.807, 2.05) is 0 Å². The summed E-state index contributed by atoms with van der Waals surface area (Å²) in [5, 5.41) is 3.51. The van der Waals surface area contributed by atoms with E-state index in [9.17, 15) is 0 Å². The fourth-order valence-corrected chi connectivity index (χ4v) is 4.05. The zero-order valence-corrected chi connectivity index (χ0v) is 17.0. The molecular weight excluding hydrogens is 322 g/mol. The van der Waals surface area contributed by atoms with E-state index >= 15 is 0 Å². The normalized spacial score (nSPS) is 22.2. The Bertz CT molecular complexity index is 619. The maximum Gasteiger partial charge on any atom is 0.194 e. The summed E-state index contributed by atoms with van der Waals surface area (Å²) in [7, 11) is 2.21. The average molecular weight is 358 g/mol. The molecule has 3 rings (SSSR count). The second kappa shape index (κ2) is 8.76. The number of aryl methyl sites for hydroxylation is 1. The summed E-state index contributed by atoms with van der Waals surface area (Å²) >= 11 is 0. The van der Waals surface area contributed by atoms with Gasteiger partial charge in [0, 0.05) is 51.5 Å². The lowest BCUT2D eigenvalue weighted by atomic mass is 10.1. The van der Waals surface area contributed by atoms with E-state index in [4.69, 9.17) is 4.99 Å². The molecule has 26 heavy (non-hydrogen) atoms. The van der Waals surface area contributed by atoms with Gasteiger partial charge in [0.15, 0.2) is 5.96 Å². The number of hydrogen-bond donors (Lipinski definition) is 1. The Hall–Kier alpha value is -1.75. The zero-order valence-electron chi connectivity index (χ0n) is 17.0. The van der Waals surface area contributed by atoms with Crippen LogP contribution in [0.15, 0.2) is 23.2 Å². The number of rotatable bonds is 4. The fourth-order valence-electron chi connectivity index (χ4n) is 4.05. The number of nitrogens with zero attached hydrogens (tertiary/aromatic N) is 4. The highest BCUT2D eigenvalue weighted by atomic mass is 15.3. The van der Waals surface area contributed by atoms with Crippen molar-refractivity contribution >= 4 is 11.6 Å². The molecule has 0 aliphatic carbocycles. The molecule has 1 atom stereocenters. The van der Waals surface area contributed by atoms with E-state index in [0.29, 0.717) is 5.92 Å². The molecule has 1 N–H and O–H groups in total. The van der Waals surface area contributed by atoms with Crippen molar-refractivity contribution in [3.63, 3.8) is 0 Å². The molecule has 144 valence electrons. The Labute approximate surface area is 159 Å². The van der Waals surface area contributed by atoms with Crippen LogP contribution in [0.5, 0.6) is 0 Å². The Kier molecular flexibility index (Phi) is 6.41. The number of piperazine rings is 1. The summed E-state index contributed by atoms with van der Waals surface area (Å²) in [5.41, 5.74) is 4.17. The van der Waals surface area contributed by atoms with Crippen LogP contribution >= 0.6 is 0 Å². The van der Waals surface area contributed by atoms with Gasteiger partial charge in [-0.25, -0.2) is 0 Å². The predicted octanol–water partition coefficient (Wildman–Crippen LogP) is 2.34. The van der Waals surface area contributed by atoms with Crippen molar-refractivity contribution in [2.45, 2.75) is 27.2 Å². The summed E-state index contributed by atoms with van der Waals surface area (Å²) in [6.07, 6.45) is 1.28. The number of aliphatic imine (C=N–C) groups is 1. The van der Waals surface area contributed by atoms with Gasteiger partial charge in [-0.15, -0.1) is 0 Å². The summed E-state index contributed by atoms with van der Waals surface area (Å²) in [5.74, 6) is 1.81. The highest BCUT2D eigenvalue weighted by Gasteiger charge is 2.23. The van der Waals surface area contributed by atoms with Crippen molar-refractivity contribution in [2.24, 2.45) is 10.9 Å².